The highest BCUT2D eigenvalue weighted by molar-refractivity contribution is 7.18. The maximum atomic E-state index is 13.2. The second kappa shape index (κ2) is 9.13. The molecule has 0 radical (unpaired) electrons. The fraction of sp³-hybridized carbons (Fsp3) is 0.667. The molecule has 2 aromatic rings. The van der Waals surface area contributed by atoms with Gasteiger partial charge in [-0.1, -0.05) is 20.8 Å². The van der Waals surface area contributed by atoms with Gasteiger partial charge in [0.25, 0.3) is 5.56 Å². The highest BCUT2D eigenvalue weighted by Crippen LogP contribution is 2.30. The van der Waals surface area contributed by atoms with Gasteiger partial charge in [0.2, 0.25) is 0 Å². The number of aryl methyl sites for hydroxylation is 2. The minimum Gasteiger partial charge on any atom is -0.464 e. The summed E-state index contributed by atoms with van der Waals surface area (Å²) in [6, 6.07) is 0. The van der Waals surface area contributed by atoms with Crippen LogP contribution in [0.5, 0.6) is 0 Å². The van der Waals surface area contributed by atoms with E-state index in [-0.39, 0.29) is 23.3 Å². The topological polar surface area (TPSA) is 96.6 Å². The van der Waals surface area contributed by atoms with Gasteiger partial charge in [-0.2, -0.15) is 13.2 Å². The van der Waals surface area contributed by atoms with E-state index in [1.54, 1.807) is 27.7 Å². The number of nitrogens with one attached hydrogen (secondary N) is 1. The molecule has 0 bridgehead atoms. The van der Waals surface area contributed by atoms with E-state index in [9.17, 15) is 32.7 Å². The predicted octanol–water partition coefficient (Wildman–Crippen LogP) is 4.31. The molecule has 0 saturated heterocycles. The Labute approximate surface area is 193 Å². The first-order valence-electron chi connectivity index (χ1n) is 10.4. The zero-order chi connectivity index (χ0) is 25.5. The van der Waals surface area contributed by atoms with Crippen LogP contribution in [0.4, 0.5) is 18.0 Å². The molecule has 0 aliphatic carbocycles. The van der Waals surface area contributed by atoms with Crippen molar-refractivity contribution in [1.82, 2.24) is 19.6 Å². The van der Waals surface area contributed by atoms with Gasteiger partial charge in [-0.15, -0.1) is 11.3 Å². The Kier molecular flexibility index (Phi) is 7.44. The van der Waals surface area contributed by atoms with Gasteiger partial charge in [0.1, 0.15) is 4.83 Å². The average molecular weight is 493 g/mol. The summed E-state index contributed by atoms with van der Waals surface area (Å²) >= 11 is 1.02. The molecule has 2 aromatic heterocycles. The maximum absolute atomic E-state index is 13.2. The molecule has 0 saturated carbocycles. The largest absolute Gasteiger partial charge is 0.464 e. The summed E-state index contributed by atoms with van der Waals surface area (Å²) in [5, 5.41) is 10.7. The Morgan fingerprint density at radius 2 is 1.67 bits per heavy atom. The van der Waals surface area contributed by atoms with E-state index in [4.69, 9.17) is 0 Å². The maximum Gasteiger partial charge on any atom is 0.422 e. The molecule has 186 valence electrons. The SMILES string of the molecule is Cc1c(CNN(C(=O)O)C(C)(C)C)sc2c1c(=O)n(CC(C)(C)C)c(=O)n2CCC(F)(F)F. The first-order chi connectivity index (χ1) is 14.8. The Morgan fingerprint density at radius 3 is 2.12 bits per heavy atom. The van der Waals surface area contributed by atoms with Crippen molar-refractivity contribution in [1.29, 1.82) is 0 Å². The van der Waals surface area contributed by atoms with Crippen molar-refractivity contribution < 1.29 is 23.1 Å². The number of nitrogens with zero attached hydrogens (tertiary/aromatic N) is 3. The van der Waals surface area contributed by atoms with E-state index in [0.29, 0.717) is 10.4 Å². The van der Waals surface area contributed by atoms with Crippen LogP contribution in [0, 0.1) is 12.3 Å². The number of hydrogen-bond donors (Lipinski definition) is 2. The molecule has 12 heteroatoms. The van der Waals surface area contributed by atoms with Crippen LogP contribution in [0.25, 0.3) is 10.2 Å². The molecule has 0 unspecified atom stereocenters. The number of hydrazine groups is 1. The lowest BCUT2D eigenvalue weighted by Crippen LogP contribution is -2.52. The van der Waals surface area contributed by atoms with Crippen LogP contribution < -0.4 is 16.7 Å². The van der Waals surface area contributed by atoms with Gasteiger partial charge < -0.3 is 5.11 Å². The van der Waals surface area contributed by atoms with Crippen molar-refractivity contribution in [2.75, 3.05) is 0 Å². The third-order valence-corrected chi connectivity index (χ3v) is 6.22. The Bertz CT molecular complexity index is 1150. The molecule has 33 heavy (non-hydrogen) atoms. The number of rotatable bonds is 6. The number of carbonyl (C=O) groups is 1. The van der Waals surface area contributed by atoms with E-state index < -0.39 is 47.4 Å². The Balaban J connectivity index is 2.67. The second-order valence-corrected chi connectivity index (χ2v) is 11.3. The number of amides is 1. The molecule has 0 atom stereocenters. The number of thiophene rings is 1. The lowest BCUT2D eigenvalue weighted by Gasteiger charge is -2.33. The molecular formula is C21H31F3N4O4S. The highest BCUT2D eigenvalue weighted by Gasteiger charge is 2.30. The molecule has 0 fully saturated rings. The Morgan fingerprint density at radius 1 is 1.09 bits per heavy atom. The van der Waals surface area contributed by atoms with Crippen molar-refractivity contribution in [3.05, 3.63) is 31.3 Å². The van der Waals surface area contributed by atoms with E-state index in [2.05, 4.69) is 5.43 Å². The number of halogens is 3. The van der Waals surface area contributed by atoms with Crippen LogP contribution in [0.3, 0.4) is 0 Å². The lowest BCUT2D eigenvalue weighted by molar-refractivity contribution is -0.136. The summed E-state index contributed by atoms with van der Waals surface area (Å²) in [6.45, 7) is 11.7. The monoisotopic (exact) mass is 492 g/mol. The molecule has 8 nitrogen and oxygen atoms in total. The molecular weight excluding hydrogens is 461 g/mol. The average Bonchev–Trinajstić information content (AvgIpc) is 2.92. The van der Waals surface area contributed by atoms with Gasteiger partial charge in [-0.25, -0.2) is 20.0 Å². The van der Waals surface area contributed by atoms with Gasteiger partial charge in [0.15, 0.2) is 0 Å². The summed E-state index contributed by atoms with van der Waals surface area (Å²) in [6.07, 6.45) is -6.88. The lowest BCUT2D eigenvalue weighted by atomic mass is 9.97. The standard InChI is InChI=1S/C21H31F3N4O4S/c1-12-13(10-25-28(18(31)32)20(5,6)7)33-16-14(12)15(29)27(11-19(2,3)4)17(30)26(16)9-8-21(22,23)24/h25H,8-11H2,1-7H3,(H,31,32). The molecule has 0 aliphatic rings. The third-order valence-electron chi connectivity index (χ3n) is 4.90. The van der Waals surface area contributed by atoms with E-state index in [1.165, 1.54) is 0 Å². The van der Waals surface area contributed by atoms with Crippen LogP contribution in [-0.4, -0.2) is 37.1 Å². The molecule has 0 aromatic carbocycles. The zero-order valence-electron chi connectivity index (χ0n) is 19.9. The summed E-state index contributed by atoms with van der Waals surface area (Å²) in [4.78, 5) is 38.6. The predicted molar refractivity (Wildman–Crippen MR) is 122 cm³/mol. The fourth-order valence-electron chi connectivity index (χ4n) is 3.40. The van der Waals surface area contributed by atoms with E-state index in [1.807, 2.05) is 20.8 Å². The van der Waals surface area contributed by atoms with Crippen molar-refractivity contribution in [3.8, 4) is 0 Å². The number of fused-ring (bicyclic) bond motifs is 1. The van der Waals surface area contributed by atoms with Crippen LogP contribution in [0.2, 0.25) is 0 Å². The minimum absolute atomic E-state index is 0.0287. The second-order valence-electron chi connectivity index (χ2n) is 10.2. The van der Waals surface area contributed by atoms with Crippen LogP contribution in [-0.2, 0) is 19.6 Å². The van der Waals surface area contributed by atoms with Gasteiger partial charge in [0.05, 0.1) is 23.9 Å². The first-order valence-corrected chi connectivity index (χ1v) is 11.2. The zero-order valence-corrected chi connectivity index (χ0v) is 20.7. The van der Waals surface area contributed by atoms with Gasteiger partial charge in [0, 0.05) is 18.0 Å². The number of aromatic nitrogens is 2. The normalized spacial score (nSPS) is 13.0. The Hall–Kier alpha value is -2.34. The van der Waals surface area contributed by atoms with Crippen molar-refractivity contribution in [2.45, 2.75) is 86.2 Å². The molecule has 2 heterocycles. The summed E-state index contributed by atoms with van der Waals surface area (Å²) < 4.78 is 40.9. The van der Waals surface area contributed by atoms with Crippen LogP contribution >= 0.6 is 11.3 Å². The van der Waals surface area contributed by atoms with Crippen molar-refractivity contribution >= 4 is 27.6 Å². The van der Waals surface area contributed by atoms with E-state index in [0.717, 1.165) is 25.5 Å². The van der Waals surface area contributed by atoms with Gasteiger partial charge in [-0.05, 0) is 38.7 Å². The summed E-state index contributed by atoms with van der Waals surface area (Å²) in [5.41, 5.74) is 0.762. The number of hydrogen-bond acceptors (Lipinski definition) is 5. The molecule has 2 N–H and O–H groups in total. The molecule has 1 amide bonds. The van der Waals surface area contributed by atoms with Gasteiger partial charge >= 0.3 is 18.0 Å². The fourth-order valence-corrected chi connectivity index (χ4v) is 4.65. The summed E-state index contributed by atoms with van der Waals surface area (Å²) in [5.74, 6) is 0. The number of carboxylic acid groups (broad SMARTS) is 1. The number of alkyl halides is 3. The third kappa shape index (κ3) is 6.38. The first kappa shape index (κ1) is 26.9. The van der Waals surface area contributed by atoms with E-state index >= 15 is 0 Å². The van der Waals surface area contributed by atoms with Gasteiger partial charge in [-0.3, -0.25) is 13.9 Å². The molecule has 0 aliphatic heterocycles. The quantitative estimate of drug-likeness (QED) is 0.586. The minimum atomic E-state index is -4.47. The molecule has 0 spiro atoms. The highest BCUT2D eigenvalue weighted by atomic mass is 32.1. The molecule has 2 rings (SSSR count). The van der Waals surface area contributed by atoms with Crippen molar-refractivity contribution in [3.63, 3.8) is 0 Å². The van der Waals surface area contributed by atoms with Crippen LogP contribution in [0.15, 0.2) is 9.59 Å². The van der Waals surface area contributed by atoms with Crippen molar-refractivity contribution in [2.24, 2.45) is 5.41 Å². The van der Waals surface area contributed by atoms with Crippen LogP contribution in [0.1, 0.15) is 58.4 Å². The smallest absolute Gasteiger partial charge is 0.422 e. The summed E-state index contributed by atoms with van der Waals surface area (Å²) in [7, 11) is 0.